The Kier molecular flexibility index (Phi) is 5.44. The van der Waals surface area contributed by atoms with Crippen LogP contribution < -0.4 is 5.32 Å². The molecule has 0 saturated carbocycles. The number of carbonyl (C=O) groups is 1. The van der Waals surface area contributed by atoms with Gasteiger partial charge in [-0.25, -0.2) is 9.37 Å². The zero-order chi connectivity index (χ0) is 17.8. The molecule has 6 nitrogen and oxygen atoms in total. The number of rotatable bonds is 6. The molecule has 0 radical (unpaired) electrons. The van der Waals surface area contributed by atoms with Gasteiger partial charge in [-0.2, -0.15) is 0 Å². The summed E-state index contributed by atoms with van der Waals surface area (Å²) in [4.78, 5) is 16.9. The van der Waals surface area contributed by atoms with Gasteiger partial charge < -0.3 is 0 Å². The zero-order valence-corrected chi connectivity index (χ0v) is 15.3. The second-order valence-electron chi connectivity index (χ2n) is 5.15. The van der Waals surface area contributed by atoms with Crippen LogP contribution in [0.4, 0.5) is 9.52 Å². The topological polar surface area (TPSA) is 72.7 Å². The summed E-state index contributed by atoms with van der Waals surface area (Å²) in [6, 6.07) is 5.92. The second kappa shape index (κ2) is 7.75. The maximum Gasteiger partial charge on any atom is 0.276 e. The third-order valence-electron chi connectivity index (χ3n) is 3.38. The van der Waals surface area contributed by atoms with Crippen LogP contribution in [0.2, 0.25) is 0 Å². The fourth-order valence-electron chi connectivity index (χ4n) is 2.26. The van der Waals surface area contributed by atoms with Crippen LogP contribution >= 0.6 is 23.1 Å². The van der Waals surface area contributed by atoms with Gasteiger partial charge in [0.15, 0.2) is 5.16 Å². The SMILES string of the molecule is CCCc1nnc(NC(=O)c2cnc(SC)n2-c2ccc(F)cc2)s1. The van der Waals surface area contributed by atoms with Gasteiger partial charge in [-0.3, -0.25) is 14.7 Å². The normalized spacial score (nSPS) is 10.8. The number of hydrogen-bond donors (Lipinski definition) is 1. The molecule has 0 aliphatic heterocycles. The number of thioether (sulfide) groups is 1. The monoisotopic (exact) mass is 377 g/mol. The molecule has 0 unspecified atom stereocenters. The summed E-state index contributed by atoms with van der Waals surface area (Å²) in [5.41, 5.74) is 1.01. The van der Waals surface area contributed by atoms with E-state index in [0.717, 1.165) is 17.8 Å². The van der Waals surface area contributed by atoms with Crippen molar-refractivity contribution in [1.29, 1.82) is 0 Å². The lowest BCUT2D eigenvalue weighted by Gasteiger charge is -2.10. The van der Waals surface area contributed by atoms with Crippen molar-refractivity contribution in [2.45, 2.75) is 24.9 Å². The number of amides is 1. The Morgan fingerprint density at radius 2 is 2.08 bits per heavy atom. The van der Waals surface area contributed by atoms with Gasteiger partial charge in [-0.1, -0.05) is 30.0 Å². The lowest BCUT2D eigenvalue weighted by atomic mass is 10.3. The predicted molar refractivity (Wildman–Crippen MR) is 97.2 cm³/mol. The van der Waals surface area contributed by atoms with Crippen molar-refractivity contribution in [3.05, 3.63) is 47.0 Å². The third kappa shape index (κ3) is 3.88. The van der Waals surface area contributed by atoms with Gasteiger partial charge in [0.2, 0.25) is 5.13 Å². The number of benzene rings is 1. The maximum absolute atomic E-state index is 13.2. The number of halogens is 1. The number of aromatic nitrogens is 4. The fraction of sp³-hybridized carbons (Fsp3) is 0.250. The summed E-state index contributed by atoms with van der Waals surface area (Å²) in [5.74, 6) is -0.672. The highest BCUT2D eigenvalue weighted by Gasteiger charge is 2.19. The first kappa shape index (κ1) is 17.6. The van der Waals surface area contributed by atoms with Crippen LogP contribution in [-0.4, -0.2) is 31.9 Å². The van der Waals surface area contributed by atoms with E-state index in [1.54, 1.807) is 16.7 Å². The maximum atomic E-state index is 13.2. The Bertz CT molecular complexity index is 875. The van der Waals surface area contributed by atoms with Crippen LogP contribution in [0, 0.1) is 5.82 Å². The minimum absolute atomic E-state index is 0.335. The lowest BCUT2D eigenvalue weighted by Crippen LogP contribution is -2.16. The molecular weight excluding hydrogens is 361 g/mol. The van der Waals surface area contributed by atoms with Crippen LogP contribution in [-0.2, 0) is 6.42 Å². The highest BCUT2D eigenvalue weighted by atomic mass is 32.2. The molecule has 130 valence electrons. The Morgan fingerprint density at radius 1 is 1.32 bits per heavy atom. The summed E-state index contributed by atoms with van der Waals surface area (Å²) >= 11 is 2.76. The molecule has 2 aromatic heterocycles. The minimum atomic E-state index is -0.337. The molecule has 0 bridgehead atoms. The average molecular weight is 377 g/mol. The summed E-state index contributed by atoms with van der Waals surface area (Å²) < 4.78 is 14.9. The molecule has 25 heavy (non-hydrogen) atoms. The molecule has 0 spiro atoms. The zero-order valence-electron chi connectivity index (χ0n) is 13.7. The van der Waals surface area contributed by atoms with Crippen molar-refractivity contribution < 1.29 is 9.18 Å². The molecule has 0 fully saturated rings. The van der Waals surface area contributed by atoms with Gasteiger partial charge in [0, 0.05) is 12.1 Å². The molecule has 2 heterocycles. The first-order chi connectivity index (χ1) is 12.1. The summed E-state index contributed by atoms with van der Waals surface area (Å²) in [6.45, 7) is 2.06. The third-order valence-corrected chi connectivity index (χ3v) is 4.93. The molecule has 0 aliphatic carbocycles. The quantitative estimate of drug-likeness (QED) is 0.662. The molecule has 3 aromatic rings. The number of anilines is 1. The number of aryl methyl sites for hydroxylation is 1. The molecule has 0 saturated heterocycles. The van der Waals surface area contributed by atoms with Gasteiger partial charge in [-0.15, -0.1) is 10.2 Å². The Balaban J connectivity index is 1.89. The van der Waals surface area contributed by atoms with Crippen molar-refractivity contribution in [2.24, 2.45) is 0 Å². The van der Waals surface area contributed by atoms with E-state index in [1.165, 1.54) is 41.4 Å². The van der Waals surface area contributed by atoms with E-state index in [2.05, 4.69) is 27.4 Å². The molecule has 3 rings (SSSR count). The Hall–Kier alpha value is -2.26. The first-order valence-electron chi connectivity index (χ1n) is 7.63. The van der Waals surface area contributed by atoms with Gasteiger partial charge in [0.05, 0.1) is 6.20 Å². The predicted octanol–water partition coefficient (Wildman–Crippen LogP) is 3.79. The van der Waals surface area contributed by atoms with Crippen molar-refractivity contribution in [3.8, 4) is 5.69 Å². The van der Waals surface area contributed by atoms with Crippen LogP contribution in [0.15, 0.2) is 35.6 Å². The number of imidazole rings is 1. The molecular formula is C16H16FN5OS2. The molecule has 1 aromatic carbocycles. The van der Waals surface area contributed by atoms with Gasteiger partial charge in [0.25, 0.3) is 5.91 Å². The summed E-state index contributed by atoms with van der Waals surface area (Å²) in [5, 5.41) is 12.8. The van der Waals surface area contributed by atoms with Crippen LogP contribution in [0.1, 0.15) is 28.8 Å². The summed E-state index contributed by atoms with van der Waals surface area (Å²) in [7, 11) is 0. The highest BCUT2D eigenvalue weighted by Crippen LogP contribution is 2.23. The van der Waals surface area contributed by atoms with E-state index in [-0.39, 0.29) is 11.7 Å². The smallest absolute Gasteiger partial charge is 0.276 e. The molecule has 0 aliphatic rings. The van der Waals surface area contributed by atoms with Crippen molar-refractivity contribution in [3.63, 3.8) is 0 Å². The standard InChI is InChI=1S/C16H16FN5OS2/c1-3-4-13-20-21-15(25-13)19-14(23)12-9-18-16(24-2)22(12)11-7-5-10(17)6-8-11/h5-9H,3-4H2,1-2H3,(H,19,21,23). The van der Waals surface area contributed by atoms with Crippen LogP contribution in [0.25, 0.3) is 5.69 Å². The molecule has 1 amide bonds. The highest BCUT2D eigenvalue weighted by molar-refractivity contribution is 7.98. The minimum Gasteiger partial charge on any atom is -0.295 e. The second-order valence-corrected chi connectivity index (χ2v) is 6.98. The van der Waals surface area contributed by atoms with E-state index in [0.29, 0.717) is 21.7 Å². The fourth-order valence-corrected chi connectivity index (χ4v) is 3.64. The molecule has 0 atom stereocenters. The van der Waals surface area contributed by atoms with Crippen molar-refractivity contribution in [1.82, 2.24) is 19.7 Å². The van der Waals surface area contributed by atoms with E-state index in [4.69, 9.17) is 0 Å². The first-order valence-corrected chi connectivity index (χ1v) is 9.68. The molecule has 9 heteroatoms. The average Bonchev–Trinajstić information content (AvgIpc) is 3.22. The van der Waals surface area contributed by atoms with E-state index in [9.17, 15) is 9.18 Å². The summed E-state index contributed by atoms with van der Waals surface area (Å²) in [6.07, 6.45) is 5.17. The Labute approximate surface area is 152 Å². The Morgan fingerprint density at radius 3 is 2.76 bits per heavy atom. The number of nitrogens with zero attached hydrogens (tertiary/aromatic N) is 4. The van der Waals surface area contributed by atoms with E-state index in [1.807, 2.05) is 6.26 Å². The van der Waals surface area contributed by atoms with Gasteiger partial charge >= 0.3 is 0 Å². The largest absolute Gasteiger partial charge is 0.295 e. The molecule has 1 N–H and O–H groups in total. The van der Waals surface area contributed by atoms with E-state index >= 15 is 0 Å². The van der Waals surface area contributed by atoms with Crippen LogP contribution in [0.5, 0.6) is 0 Å². The van der Waals surface area contributed by atoms with Gasteiger partial charge in [0.1, 0.15) is 16.5 Å². The van der Waals surface area contributed by atoms with Crippen molar-refractivity contribution in [2.75, 3.05) is 11.6 Å². The van der Waals surface area contributed by atoms with E-state index < -0.39 is 0 Å². The number of hydrogen-bond acceptors (Lipinski definition) is 6. The van der Waals surface area contributed by atoms with Crippen molar-refractivity contribution >= 4 is 34.1 Å². The number of carbonyl (C=O) groups excluding carboxylic acids is 1. The number of nitrogens with one attached hydrogen (secondary N) is 1. The van der Waals surface area contributed by atoms with Crippen LogP contribution in [0.3, 0.4) is 0 Å². The van der Waals surface area contributed by atoms with Gasteiger partial charge in [-0.05, 0) is 36.9 Å². The lowest BCUT2D eigenvalue weighted by molar-refractivity contribution is 0.102.